The standard InChI is InChI=1S/C16H25NO3/c1-3-14(4-2)17(11-12-18)16(20)10-9-13-7-5-6-8-15(13)19/h5-8,14,18-19H,3-4,9-12H2,1-2H3. The maximum absolute atomic E-state index is 12.3. The molecule has 0 aromatic heterocycles. The van der Waals surface area contributed by atoms with Crippen molar-refractivity contribution in [3.05, 3.63) is 29.8 Å². The number of rotatable bonds is 8. The topological polar surface area (TPSA) is 60.8 Å². The third kappa shape index (κ3) is 4.53. The van der Waals surface area contributed by atoms with Gasteiger partial charge >= 0.3 is 0 Å². The van der Waals surface area contributed by atoms with Crippen molar-refractivity contribution in [2.45, 2.75) is 45.6 Å². The van der Waals surface area contributed by atoms with Gasteiger partial charge in [-0.3, -0.25) is 4.79 Å². The van der Waals surface area contributed by atoms with Crippen molar-refractivity contribution in [1.29, 1.82) is 0 Å². The van der Waals surface area contributed by atoms with Crippen LogP contribution in [0.4, 0.5) is 0 Å². The molecule has 0 saturated heterocycles. The smallest absolute Gasteiger partial charge is 0.223 e. The summed E-state index contributed by atoms with van der Waals surface area (Å²) in [6.45, 7) is 4.47. The maximum atomic E-state index is 12.3. The second-order valence-corrected chi connectivity index (χ2v) is 4.91. The second kappa shape index (κ2) is 8.59. The maximum Gasteiger partial charge on any atom is 0.223 e. The highest BCUT2D eigenvalue weighted by Crippen LogP contribution is 2.18. The van der Waals surface area contributed by atoms with E-state index in [1.807, 2.05) is 12.1 Å². The van der Waals surface area contributed by atoms with Gasteiger partial charge in [-0.1, -0.05) is 32.0 Å². The van der Waals surface area contributed by atoms with E-state index in [1.165, 1.54) is 0 Å². The zero-order valence-electron chi connectivity index (χ0n) is 12.4. The van der Waals surface area contributed by atoms with Gasteiger partial charge in [-0.15, -0.1) is 0 Å². The predicted molar refractivity (Wildman–Crippen MR) is 79.6 cm³/mol. The zero-order valence-corrected chi connectivity index (χ0v) is 12.4. The molecule has 0 atom stereocenters. The van der Waals surface area contributed by atoms with Crippen LogP contribution >= 0.6 is 0 Å². The summed E-state index contributed by atoms with van der Waals surface area (Å²) in [5.41, 5.74) is 0.786. The first-order valence-electron chi connectivity index (χ1n) is 7.31. The number of aryl methyl sites for hydroxylation is 1. The van der Waals surface area contributed by atoms with Gasteiger partial charge in [0.25, 0.3) is 0 Å². The summed E-state index contributed by atoms with van der Waals surface area (Å²) in [5.74, 6) is 0.271. The van der Waals surface area contributed by atoms with E-state index in [4.69, 9.17) is 5.11 Å². The van der Waals surface area contributed by atoms with Gasteiger partial charge in [0.1, 0.15) is 5.75 Å². The third-order valence-corrected chi connectivity index (χ3v) is 3.64. The lowest BCUT2D eigenvalue weighted by Gasteiger charge is -2.30. The van der Waals surface area contributed by atoms with Crippen molar-refractivity contribution in [2.75, 3.05) is 13.2 Å². The van der Waals surface area contributed by atoms with Gasteiger partial charge in [-0.25, -0.2) is 0 Å². The van der Waals surface area contributed by atoms with Crippen LogP contribution in [0.1, 0.15) is 38.7 Å². The number of amides is 1. The molecule has 0 spiro atoms. The van der Waals surface area contributed by atoms with E-state index in [0.717, 1.165) is 18.4 Å². The lowest BCUT2D eigenvalue weighted by molar-refractivity contribution is -0.134. The highest BCUT2D eigenvalue weighted by molar-refractivity contribution is 5.77. The van der Waals surface area contributed by atoms with E-state index in [0.29, 0.717) is 19.4 Å². The molecular formula is C16H25NO3. The van der Waals surface area contributed by atoms with Crippen LogP contribution < -0.4 is 0 Å². The molecule has 0 aliphatic heterocycles. The fourth-order valence-electron chi connectivity index (χ4n) is 2.46. The molecule has 1 aromatic carbocycles. The number of benzene rings is 1. The minimum atomic E-state index is -0.0151. The highest BCUT2D eigenvalue weighted by Gasteiger charge is 2.20. The minimum Gasteiger partial charge on any atom is -0.508 e. The van der Waals surface area contributed by atoms with Crippen molar-refractivity contribution >= 4 is 5.91 Å². The van der Waals surface area contributed by atoms with Crippen LogP contribution in [0.25, 0.3) is 0 Å². The number of para-hydroxylation sites is 1. The van der Waals surface area contributed by atoms with Crippen LogP contribution in [-0.4, -0.2) is 40.2 Å². The molecule has 1 rings (SSSR count). The second-order valence-electron chi connectivity index (χ2n) is 4.91. The SMILES string of the molecule is CCC(CC)N(CCO)C(=O)CCc1ccccc1O. The van der Waals surface area contributed by atoms with E-state index in [1.54, 1.807) is 17.0 Å². The Morgan fingerprint density at radius 1 is 1.25 bits per heavy atom. The molecule has 20 heavy (non-hydrogen) atoms. The molecule has 0 saturated carbocycles. The lowest BCUT2D eigenvalue weighted by Crippen LogP contribution is -2.41. The average Bonchev–Trinajstić information content (AvgIpc) is 2.46. The molecule has 0 fully saturated rings. The number of aromatic hydroxyl groups is 1. The number of hydrogen-bond donors (Lipinski definition) is 2. The molecule has 4 heteroatoms. The number of hydrogen-bond acceptors (Lipinski definition) is 3. The molecule has 112 valence electrons. The number of carbonyl (C=O) groups excluding carboxylic acids is 1. The van der Waals surface area contributed by atoms with Gasteiger partial charge in [-0.05, 0) is 30.9 Å². The Balaban J connectivity index is 2.64. The molecule has 0 aliphatic rings. The first kappa shape index (κ1) is 16.5. The van der Waals surface area contributed by atoms with Crippen molar-refractivity contribution in [2.24, 2.45) is 0 Å². The fourth-order valence-corrected chi connectivity index (χ4v) is 2.46. The quantitative estimate of drug-likeness (QED) is 0.768. The van der Waals surface area contributed by atoms with Gasteiger partial charge in [0.2, 0.25) is 5.91 Å². The normalized spacial score (nSPS) is 10.8. The Labute approximate surface area is 121 Å². The summed E-state index contributed by atoms with van der Waals surface area (Å²) in [6.07, 6.45) is 2.65. The Kier molecular flexibility index (Phi) is 7.09. The van der Waals surface area contributed by atoms with E-state index in [2.05, 4.69) is 13.8 Å². The summed E-state index contributed by atoms with van der Waals surface area (Å²) < 4.78 is 0. The van der Waals surface area contributed by atoms with Crippen LogP contribution in [-0.2, 0) is 11.2 Å². The molecule has 0 aliphatic carbocycles. The highest BCUT2D eigenvalue weighted by atomic mass is 16.3. The van der Waals surface area contributed by atoms with E-state index in [9.17, 15) is 9.90 Å². The first-order chi connectivity index (χ1) is 9.63. The van der Waals surface area contributed by atoms with Crippen molar-refractivity contribution in [1.82, 2.24) is 4.90 Å². The fraction of sp³-hybridized carbons (Fsp3) is 0.562. The van der Waals surface area contributed by atoms with Gasteiger partial charge < -0.3 is 15.1 Å². The summed E-state index contributed by atoms with van der Waals surface area (Å²) in [6, 6.07) is 7.26. The van der Waals surface area contributed by atoms with Gasteiger partial charge in [-0.2, -0.15) is 0 Å². The van der Waals surface area contributed by atoms with Gasteiger partial charge in [0.15, 0.2) is 0 Å². The van der Waals surface area contributed by atoms with Crippen LogP contribution in [0.5, 0.6) is 5.75 Å². The molecule has 1 amide bonds. The predicted octanol–water partition coefficient (Wildman–Crippen LogP) is 2.33. The molecular weight excluding hydrogens is 254 g/mol. The number of phenols is 1. The molecule has 0 bridgehead atoms. The number of carbonyl (C=O) groups is 1. The van der Waals surface area contributed by atoms with Crippen LogP contribution in [0.3, 0.4) is 0 Å². The Morgan fingerprint density at radius 2 is 1.90 bits per heavy atom. The van der Waals surface area contributed by atoms with Crippen molar-refractivity contribution in [3.8, 4) is 5.75 Å². The monoisotopic (exact) mass is 279 g/mol. The average molecular weight is 279 g/mol. The first-order valence-corrected chi connectivity index (χ1v) is 7.31. The Morgan fingerprint density at radius 3 is 2.45 bits per heavy atom. The number of aliphatic hydroxyl groups is 1. The molecule has 2 N–H and O–H groups in total. The minimum absolute atomic E-state index is 0.0151. The summed E-state index contributed by atoms with van der Waals surface area (Å²) in [5, 5.41) is 18.8. The van der Waals surface area contributed by atoms with Gasteiger partial charge in [0, 0.05) is 19.0 Å². The van der Waals surface area contributed by atoms with Crippen LogP contribution in [0.15, 0.2) is 24.3 Å². The van der Waals surface area contributed by atoms with Gasteiger partial charge in [0.05, 0.1) is 6.61 Å². The Bertz CT molecular complexity index is 416. The van der Waals surface area contributed by atoms with Crippen LogP contribution in [0.2, 0.25) is 0 Å². The summed E-state index contributed by atoms with van der Waals surface area (Å²) >= 11 is 0. The molecule has 1 aromatic rings. The number of nitrogens with zero attached hydrogens (tertiary/aromatic N) is 1. The van der Waals surface area contributed by atoms with Crippen molar-refractivity contribution < 1.29 is 15.0 Å². The van der Waals surface area contributed by atoms with E-state index < -0.39 is 0 Å². The van der Waals surface area contributed by atoms with Crippen LogP contribution in [0, 0.1) is 0 Å². The summed E-state index contributed by atoms with van der Waals surface area (Å²) in [4.78, 5) is 14.1. The largest absolute Gasteiger partial charge is 0.508 e. The third-order valence-electron chi connectivity index (χ3n) is 3.64. The lowest BCUT2D eigenvalue weighted by atomic mass is 10.1. The summed E-state index contributed by atoms with van der Waals surface area (Å²) in [7, 11) is 0. The van der Waals surface area contributed by atoms with E-state index in [-0.39, 0.29) is 24.3 Å². The molecule has 0 heterocycles. The molecule has 4 nitrogen and oxygen atoms in total. The molecule has 0 unspecified atom stereocenters. The zero-order chi connectivity index (χ0) is 15.0. The number of aliphatic hydroxyl groups excluding tert-OH is 1. The Hall–Kier alpha value is -1.55. The molecule has 0 radical (unpaired) electrons. The van der Waals surface area contributed by atoms with Crippen molar-refractivity contribution in [3.63, 3.8) is 0 Å². The van der Waals surface area contributed by atoms with E-state index >= 15 is 0 Å². The number of phenolic OH excluding ortho intramolecular Hbond substituents is 1.